The lowest BCUT2D eigenvalue weighted by Crippen LogP contribution is -2.57. The van der Waals surface area contributed by atoms with Crippen LogP contribution in [-0.2, 0) is 15.7 Å². The van der Waals surface area contributed by atoms with E-state index in [0.29, 0.717) is 36.9 Å². The number of allylic oxidation sites excluding steroid dienone is 1. The Balaban J connectivity index is 1.24. The molecule has 3 atom stereocenters. The van der Waals surface area contributed by atoms with Gasteiger partial charge in [-0.25, -0.2) is 4.98 Å². The second kappa shape index (κ2) is 10.5. The van der Waals surface area contributed by atoms with Crippen LogP contribution in [0.1, 0.15) is 48.2 Å². The molecule has 2 aromatic rings. The maximum Gasteiger partial charge on any atom is 0.416 e. The minimum Gasteiger partial charge on any atom is -0.379 e. The van der Waals surface area contributed by atoms with Crippen LogP contribution in [0.4, 0.5) is 19.0 Å². The third kappa shape index (κ3) is 5.17. The second-order valence-corrected chi connectivity index (χ2v) is 11.7. The molecule has 13 heteroatoms. The van der Waals surface area contributed by atoms with E-state index in [1.807, 2.05) is 11.8 Å². The Bertz CT molecular complexity index is 1590. The number of piperidine rings is 1. The normalized spacial score (nSPS) is 26.1. The number of hydrogen-bond donors (Lipinski definition) is 2. The number of rotatable bonds is 5. The van der Waals surface area contributed by atoms with E-state index >= 15 is 0 Å². The lowest BCUT2D eigenvalue weighted by molar-refractivity contribution is -0.750. The standard InChI is InChI=1S/C30H30F3N7O3/c1-18-3-4-21(15-39(18)28(42)29(2)16-43-17-29)25-23-14-35-11-12-40(23,34)26(38-25)19-5-7-20(8-6-19)27(41)37-24-13-22(9-10-36-24)30(31,32)33/h5-14,18,21H,3-4,15-17,34H2,1-2H3/p+1/t18-,21-,40?/m1/s1. The molecular weight excluding hydrogens is 563 g/mol. The summed E-state index contributed by atoms with van der Waals surface area (Å²) < 4.78 is 44.3. The number of amidine groups is 1. The lowest BCUT2D eigenvalue weighted by Gasteiger charge is -2.45. The van der Waals surface area contributed by atoms with Gasteiger partial charge in [-0.3, -0.25) is 14.6 Å². The SMILES string of the molecule is C[C@@H]1CC[C@@H](C2=C3C=NC=C[N+]3(N)C(c3ccc(C(=O)Nc4cc(C(F)(F)F)ccn4)cc3)=N2)CN1C(=O)C1(C)COC1. The molecule has 0 saturated carbocycles. The molecule has 2 amide bonds. The van der Waals surface area contributed by atoms with Crippen LogP contribution >= 0.6 is 0 Å². The van der Waals surface area contributed by atoms with Gasteiger partial charge in [0.25, 0.3) is 11.7 Å². The Kier molecular flexibility index (Phi) is 7.06. The maximum atomic E-state index is 13.4. The first-order valence-corrected chi connectivity index (χ1v) is 14.0. The fraction of sp³-hybridized carbons (Fsp3) is 0.367. The summed E-state index contributed by atoms with van der Waals surface area (Å²) in [5, 5.41) is 2.41. The second-order valence-electron chi connectivity index (χ2n) is 11.7. The van der Waals surface area contributed by atoms with Crippen LogP contribution in [-0.4, -0.2) is 64.1 Å². The molecular formula is C30H31F3N7O3+. The summed E-state index contributed by atoms with van der Waals surface area (Å²) in [6.07, 6.45) is 3.10. The Hall–Kier alpha value is -4.20. The molecule has 6 rings (SSSR count). The van der Waals surface area contributed by atoms with Crippen LogP contribution in [0.5, 0.6) is 0 Å². The number of nitrogens with zero attached hydrogens (tertiary/aromatic N) is 5. The van der Waals surface area contributed by atoms with Crippen molar-refractivity contribution in [2.45, 2.75) is 38.9 Å². The number of carbonyl (C=O) groups excluding carboxylic acids is 2. The van der Waals surface area contributed by atoms with E-state index < -0.39 is 23.1 Å². The van der Waals surface area contributed by atoms with Crippen molar-refractivity contribution in [3.8, 4) is 0 Å². The zero-order chi connectivity index (χ0) is 30.6. The van der Waals surface area contributed by atoms with Gasteiger partial charge in [0.1, 0.15) is 17.7 Å². The number of amides is 2. The average Bonchev–Trinajstić information content (AvgIpc) is 3.28. The number of likely N-dealkylation sites (tertiary alicyclic amines) is 1. The van der Waals surface area contributed by atoms with Crippen LogP contribution in [0.3, 0.4) is 0 Å². The Morgan fingerprint density at radius 2 is 1.91 bits per heavy atom. The number of aromatic nitrogens is 1. The molecule has 224 valence electrons. The number of carbonyl (C=O) groups is 2. The van der Waals surface area contributed by atoms with E-state index in [0.717, 1.165) is 36.9 Å². The summed E-state index contributed by atoms with van der Waals surface area (Å²) in [5.74, 6) is 6.64. The van der Waals surface area contributed by atoms with Gasteiger partial charge in [0, 0.05) is 30.3 Å². The number of ether oxygens (including phenoxy) is 1. The highest BCUT2D eigenvalue weighted by atomic mass is 19.4. The molecule has 2 saturated heterocycles. The van der Waals surface area contributed by atoms with E-state index in [1.54, 1.807) is 42.9 Å². The van der Waals surface area contributed by atoms with Crippen molar-refractivity contribution >= 4 is 29.7 Å². The molecule has 4 aliphatic heterocycles. The van der Waals surface area contributed by atoms with Gasteiger partial charge in [-0.1, -0.05) is 0 Å². The van der Waals surface area contributed by atoms with E-state index in [1.165, 1.54) is 0 Å². The number of nitrogens with one attached hydrogen (secondary N) is 1. The topological polar surface area (TPSA) is 122 Å². The van der Waals surface area contributed by atoms with Crippen LogP contribution in [0.15, 0.2) is 76.4 Å². The number of hydrogen-bond acceptors (Lipinski definition) is 7. The third-order valence-corrected chi connectivity index (χ3v) is 8.44. The van der Waals surface area contributed by atoms with Gasteiger partial charge in [0.15, 0.2) is 0 Å². The number of halogens is 3. The van der Waals surface area contributed by atoms with Gasteiger partial charge in [0.05, 0.1) is 42.2 Å². The van der Waals surface area contributed by atoms with Gasteiger partial charge in [-0.05, 0) is 63.1 Å². The van der Waals surface area contributed by atoms with Crippen molar-refractivity contribution < 1.29 is 32.1 Å². The molecule has 0 spiro atoms. The van der Waals surface area contributed by atoms with E-state index in [4.69, 9.17) is 15.6 Å². The zero-order valence-corrected chi connectivity index (χ0v) is 23.6. The molecule has 10 nitrogen and oxygen atoms in total. The van der Waals surface area contributed by atoms with Gasteiger partial charge < -0.3 is 15.0 Å². The highest BCUT2D eigenvalue weighted by Crippen LogP contribution is 2.40. The summed E-state index contributed by atoms with van der Waals surface area (Å²) in [6, 6.07) is 8.20. The lowest BCUT2D eigenvalue weighted by atomic mass is 9.83. The smallest absolute Gasteiger partial charge is 0.379 e. The molecule has 2 fully saturated rings. The molecule has 1 aromatic heterocycles. The number of pyridine rings is 1. The number of quaternary nitrogens is 1. The molecule has 0 radical (unpaired) electrons. The fourth-order valence-corrected chi connectivity index (χ4v) is 5.83. The quantitative estimate of drug-likeness (QED) is 0.396. The van der Waals surface area contributed by atoms with Crippen LogP contribution in [0.25, 0.3) is 0 Å². The summed E-state index contributed by atoms with van der Waals surface area (Å²) in [5.41, 5.74) is 0.931. The van der Waals surface area contributed by atoms with Gasteiger partial charge >= 0.3 is 6.18 Å². The number of aliphatic imine (C=N–C) groups is 2. The third-order valence-electron chi connectivity index (χ3n) is 8.44. The molecule has 1 unspecified atom stereocenters. The number of benzene rings is 1. The molecule has 4 aliphatic rings. The summed E-state index contributed by atoms with van der Waals surface area (Å²) >= 11 is 0. The number of anilines is 1. The van der Waals surface area contributed by atoms with E-state index in [9.17, 15) is 22.8 Å². The van der Waals surface area contributed by atoms with Crippen LogP contribution in [0.2, 0.25) is 0 Å². The van der Waals surface area contributed by atoms with Crippen molar-refractivity contribution in [2.24, 2.45) is 27.2 Å². The van der Waals surface area contributed by atoms with Gasteiger partial charge in [-0.15, -0.1) is 4.59 Å². The molecule has 5 heterocycles. The molecule has 3 N–H and O–H groups in total. The zero-order valence-electron chi connectivity index (χ0n) is 23.6. The Labute approximate surface area is 246 Å². The van der Waals surface area contributed by atoms with E-state index in [-0.39, 0.29) is 33.8 Å². The van der Waals surface area contributed by atoms with E-state index in [2.05, 4.69) is 22.2 Å². The minimum absolute atomic E-state index is 0.0544. The van der Waals surface area contributed by atoms with Crippen molar-refractivity contribution in [1.29, 1.82) is 0 Å². The largest absolute Gasteiger partial charge is 0.416 e. The minimum atomic E-state index is -4.56. The number of alkyl halides is 3. The maximum absolute atomic E-state index is 13.4. The first-order chi connectivity index (χ1) is 20.4. The van der Waals surface area contributed by atoms with Crippen LogP contribution in [0, 0.1) is 11.3 Å². The van der Waals surface area contributed by atoms with Crippen molar-refractivity contribution in [3.63, 3.8) is 0 Å². The summed E-state index contributed by atoms with van der Waals surface area (Å²) in [6.45, 7) is 5.34. The molecule has 43 heavy (non-hydrogen) atoms. The summed E-state index contributed by atoms with van der Waals surface area (Å²) in [4.78, 5) is 41.3. The highest BCUT2D eigenvalue weighted by Gasteiger charge is 2.49. The van der Waals surface area contributed by atoms with Crippen molar-refractivity contribution in [3.05, 3.63) is 83.1 Å². The Morgan fingerprint density at radius 1 is 1.16 bits per heavy atom. The van der Waals surface area contributed by atoms with Gasteiger partial charge in [-0.2, -0.15) is 24.0 Å². The highest BCUT2D eigenvalue weighted by molar-refractivity contribution is 6.05. The molecule has 0 bridgehead atoms. The molecule has 0 aliphatic carbocycles. The molecule has 1 aromatic carbocycles. The predicted octanol–water partition coefficient (Wildman–Crippen LogP) is 4.23. The fourth-order valence-electron chi connectivity index (χ4n) is 5.83. The first kappa shape index (κ1) is 28.9. The van der Waals surface area contributed by atoms with Crippen molar-refractivity contribution in [1.82, 2.24) is 9.88 Å². The average molecular weight is 595 g/mol. The predicted molar refractivity (Wildman–Crippen MR) is 152 cm³/mol. The summed E-state index contributed by atoms with van der Waals surface area (Å²) in [7, 11) is 0. The monoisotopic (exact) mass is 594 g/mol. The first-order valence-electron chi connectivity index (χ1n) is 14.0. The van der Waals surface area contributed by atoms with Gasteiger partial charge in [0.2, 0.25) is 11.6 Å². The van der Waals surface area contributed by atoms with Crippen LogP contribution < -0.4 is 11.2 Å². The number of fused-ring (bicyclic) bond motifs is 1. The number of nitrogens with two attached hydrogens (primary N) is 1. The van der Waals surface area contributed by atoms with Crippen molar-refractivity contribution in [2.75, 3.05) is 25.1 Å². The Morgan fingerprint density at radius 3 is 2.58 bits per heavy atom.